The Bertz CT molecular complexity index is 964. The molecule has 2 aromatic carbocycles. The number of nitrogens with one attached hydrogen (secondary N) is 1. The van der Waals surface area contributed by atoms with E-state index in [9.17, 15) is 22.0 Å². The Kier molecular flexibility index (Phi) is 6.04. The molecule has 0 aliphatic carbocycles. The lowest BCUT2D eigenvalue weighted by molar-refractivity contribution is -0.116. The van der Waals surface area contributed by atoms with Crippen molar-refractivity contribution >= 4 is 27.3 Å². The Morgan fingerprint density at radius 3 is 2.37 bits per heavy atom. The Labute approximate surface area is 156 Å². The lowest BCUT2D eigenvalue weighted by Gasteiger charge is -2.28. The fraction of sp³-hybridized carbons (Fsp3) is 0.278. The normalized spacial score (nSPS) is 12.4. The second kappa shape index (κ2) is 7.91. The summed E-state index contributed by atoms with van der Waals surface area (Å²) in [5, 5.41) is 2.61. The molecule has 0 radical (unpaired) electrons. The number of benzene rings is 2. The summed E-state index contributed by atoms with van der Waals surface area (Å²) in [6.07, 6.45) is 0.880. The van der Waals surface area contributed by atoms with E-state index in [2.05, 4.69) is 5.32 Å². The van der Waals surface area contributed by atoms with Crippen LogP contribution in [0, 0.1) is 18.6 Å². The largest absolute Gasteiger partial charge is 0.495 e. The molecule has 1 N–H and O–H groups in total. The van der Waals surface area contributed by atoms with Gasteiger partial charge < -0.3 is 10.1 Å². The molecule has 0 heterocycles. The molecule has 0 saturated heterocycles. The summed E-state index contributed by atoms with van der Waals surface area (Å²) >= 11 is 0. The summed E-state index contributed by atoms with van der Waals surface area (Å²) in [6, 6.07) is 6.53. The molecule has 1 atom stereocenters. The number of hydrogen-bond acceptors (Lipinski definition) is 4. The van der Waals surface area contributed by atoms with Crippen LogP contribution < -0.4 is 14.4 Å². The maximum Gasteiger partial charge on any atom is 0.248 e. The molecule has 0 fully saturated rings. The fourth-order valence-corrected chi connectivity index (χ4v) is 3.75. The first-order valence-electron chi connectivity index (χ1n) is 7.94. The van der Waals surface area contributed by atoms with Gasteiger partial charge in [0.05, 0.1) is 24.7 Å². The molecule has 0 spiro atoms. The molecule has 9 heteroatoms. The van der Waals surface area contributed by atoms with Gasteiger partial charge in [0.25, 0.3) is 0 Å². The maximum absolute atomic E-state index is 13.6. The summed E-state index contributed by atoms with van der Waals surface area (Å²) in [5.74, 6) is -2.59. The zero-order valence-corrected chi connectivity index (χ0v) is 16.1. The third-order valence-corrected chi connectivity index (χ3v) is 5.10. The van der Waals surface area contributed by atoms with Crippen LogP contribution in [0.1, 0.15) is 12.5 Å². The number of carbonyl (C=O) groups is 1. The highest BCUT2D eigenvalue weighted by atomic mass is 32.2. The molecule has 146 valence electrons. The fourth-order valence-electron chi connectivity index (χ4n) is 2.59. The molecule has 0 aliphatic heterocycles. The van der Waals surface area contributed by atoms with Gasteiger partial charge >= 0.3 is 0 Å². The molecule has 0 aromatic heterocycles. The van der Waals surface area contributed by atoms with Crippen molar-refractivity contribution in [3.63, 3.8) is 0 Å². The molecule has 1 unspecified atom stereocenters. The van der Waals surface area contributed by atoms with Crippen molar-refractivity contribution in [2.45, 2.75) is 19.9 Å². The number of ether oxygens (including phenoxy) is 1. The summed E-state index contributed by atoms with van der Waals surface area (Å²) in [5.41, 5.74) is 1.07. The number of methoxy groups -OCH3 is 1. The molecule has 1 amide bonds. The minimum absolute atomic E-state index is 0.157. The Morgan fingerprint density at radius 2 is 1.81 bits per heavy atom. The van der Waals surface area contributed by atoms with E-state index in [1.54, 1.807) is 18.2 Å². The van der Waals surface area contributed by atoms with E-state index in [4.69, 9.17) is 4.74 Å². The standard InChI is InChI=1S/C18H20F2N2O4S/c1-11-5-8-17(26-3)16(9-11)21-18(23)12(2)22(27(4,24)25)13-6-7-14(19)15(20)10-13/h5-10,12H,1-4H3,(H,21,23). The van der Waals surface area contributed by atoms with Crippen LogP contribution in [0.15, 0.2) is 36.4 Å². The molecule has 0 aliphatic rings. The maximum atomic E-state index is 13.6. The number of aryl methyl sites for hydroxylation is 1. The molecule has 0 bridgehead atoms. The number of carbonyl (C=O) groups excluding carboxylic acids is 1. The van der Waals surface area contributed by atoms with Gasteiger partial charge in [0.1, 0.15) is 11.8 Å². The van der Waals surface area contributed by atoms with Crippen LogP contribution in [0.25, 0.3) is 0 Å². The van der Waals surface area contributed by atoms with Gasteiger partial charge in [0.2, 0.25) is 15.9 Å². The predicted octanol–water partition coefficient (Wildman–Crippen LogP) is 3.08. The van der Waals surface area contributed by atoms with E-state index in [-0.39, 0.29) is 5.69 Å². The second-order valence-corrected chi connectivity index (χ2v) is 7.89. The summed E-state index contributed by atoms with van der Waals surface area (Å²) in [4.78, 5) is 12.7. The van der Waals surface area contributed by atoms with Crippen molar-refractivity contribution in [3.05, 3.63) is 53.6 Å². The lowest BCUT2D eigenvalue weighted by Crippen LogP contribution is -2.45. The van der Waals surface area contributed by atoms with E-state index in [1.165, 1.54) is 14.0 Å². The van der Waals surface area contributed by atoms with Gasteiger partial charge in [0, 0.05) is 6.07 Å². The number of amides is 1. The first kappa shape index (κ1) is 20.6. The molecular formula is C18H20F2N2O4S. The average molecular weight is 398 g/mol. The highest BCUT2D eigenvalue weighted by Gasteiger charge is 2.30. The van der Waals surface area contributed by atoms with E-state index >= 15 is 0 Å². The van der Waals surface area contributed by atoms with Gasteiger partial charge in [-0.25, -0.2) is 17.2 Å². The van der Waals surface area contributed by atoms with Crippen LogP contribution in [-0.2, 0) is 14.8 Å². The minimum Gasteiger partial charge on any atom is -0.495 e. The third kappa shape index (κ3) is 4.73. The van der Waals surface area contributed by atoms with Gasteiger partial charge in [-0.05, 0) is 43.7 Å². The summed E-state index contributed by atoms with van der Waals surface area (Å²) in [6.45, 7) is 3.17. The Morgan fingerprint density at radius 1 is 1.15 bits per heavy atom. The van der Waals surface area contributed by atoms with Crippen molar-refractivity contribution in [3.8, 4) is 5.75 Å². The van der Waals surface area contributed by atoms with Gasteiger partial charge in [0.15, 0.2) is 11.6 Å². The van der Waals surface area contributed by atoms with Crippen molar-refractivity contribution in [2.24, 2.45) is 0 Å². The van der Waals surface area contributed by atoms with Gasteiger partial charge in [-0.2, -0.15) is 0 Å². The zero-order valence-electron chi connectivity index (χ0n) is 15.3. The quantitative estimate of drug-likeness (QED) is 0.811. The Hall–Kier alpha value is -2.68. The number of halogens is 2. The van der Waals surface area contributed by atoms with E-state index < -0.39 is 33.6 Å². The molecule has 27 heavy (non-hydrogen) atoms. The summed E-state index contributed by atoms with van der Waals surface area (Å²) < 4.78 is 57.1. The number of nitrogens with zero attached hydrogens (tertiary/aromatic N) is 1. The highest BCUT2D eigenvalue weighted by molar-refractivity contribution is 7.92. The van der Waals surface area contributed by atoms with Crippen LogP contribution in [0.4, 0.5) is 20.2 Å². The van der Waals surface area contributed by atoms with Crippen molar-refractivity contribution in [1.82, 2.24) is 0 Å². The van der Waals surface area contributed by atoms with Crippen molar-refractivity contribution in [2.75, 3.05) is 23.0 Å². The first-order chi connectivity index (χ1) is 12.5. The van der Waals surface area contributed by atoms with E-state index in [1.807, 2.05) is 6.92 Å². The van der Waals surface area contributed by atoms with Crippen LogP contribution in [0.2, 0.25) is 0 Å². The van der Waals surface area contributed by atoms with Crippen molar-refractivity contribution in [1.29, 1.82) is 0 Å². The predicted molar refractivity (Wildman–Crippen MR) is 99.5 cm³/mol. The molecule has 2 rings (SSSR count). The number of hydrogen-bond donors (Lipinski definition) is 1. The molecule has 2 aromatic rings. The minimum atomic E-state index is -3.96. The van der Waals surface area contributed by atoms with Gasteiger partial charge in [-0.15, -0.1) is 0 Å². The Balaban J connectivity index is 2.38. The SMILES string of the molecule is COc1ccc(C)cc1NC(=O)C(C)N(c1ccc(F)c(F)c1)S(C)(=O)=O. The van der Waals surface area contributed by atoms with Gasteiger partial charge in [-0.1, -0.05) is 6.07 Å². The zero-order chi connectivity index (χ0) is 20.4. The van der Waals surface area contributed by atoms with Crippen LogP contribution in [0.3, 0.4) is 0 Å². The second-order valence-electron chi connectivity index (χ2n) is 6.03. The first-order valence-corrected chi connectivity index (χ1v) is 9.79. The van der Waals surface area contributed by atoms with Crippen LogP contribution in [0.5, 0.6) is 5.75 Å². The number of rotatable bonds is 6. The van der Waals surface area contributed by atoms with E-state index in [0.29, 0.717) is 11.4 Å². The number of anilines is 2. The monoisotopic (exact) mass is 398 g/mol. The summed E-state index contributed by atoms with van der Waals surface area (Å²) in [7, 11) is -2.52. The lowest BCUT2D eigenvalue weighted by atomic mass is 10.2. The van der Waals surface area contributed by atoms with E-state index in [0.717, 1.165) is 34.3 Å². The van der Waals surface area contributed by atoms with Crippen molar-refractivity contribution < 1.29 is 26.7 Å². The van der Waals surface area contributed by atoms with Crippen LogP contribution in [-0.4, -0.2) is 33.7 Å². The average Bonchev–Trinajstić information content (AvgIpc) is 2.57. The highest BCUT2D eigenvalue weighted by Crippen LogP contribution is 2.27. The third-order valence-electron chi connectivity index (χ3n) is 3.86. The van der Waals surface area contributed by atoms with Crippen LogP contribution >= 0.6 is 0 Å². The topological polar surface area (TPSA) is 75.7 Å². The molecule has 6 nitrogen and oxygen atoms in total. The van der Waals surface area contributed by atoms with Gasteiger partial charge in [-0.3, -0.25) is 9.10 Å². The smallest absolute Gasteiger partial charge is 0.248 e. The molecule has 0 saturated carbocycles. The number of sulfonamides is 1. The molecular weight excluding hydrogens is 378 g/mol.